The zero-order valence-corrected chi connectivity index (χ0v) is 11.3. The Bertz CT molecular complexity index is 647. The molecule has 0 aliphatic carbocycles. The monoisotopic (exact) mass is 272 g/mol. The molecule has 0 aliphatic rings. The summed E-state index contributed by atoms with van der Waals surface area (Å²) in [4.78, 5) is 25.7. The van der Waals surface area contributed by atoms with E-state index in [0.29, 0.717) is 0 Å². The molecule has 2 rings (SSSR count). The number of benzene rings is 1. The summed E-state index contributed by atoms with van der Waals surface area (Å²) in [6, 6.07) is 11.8. The van der Waals surface area contributed by atoms with E-state index in [-0.39, 0.29) is 23.2 Å². The molecule has 0 radical (unpaired) electrons. The molecule has 0 saturated heterocycles. The van der Waals surface area contributed by atoms with Gasteiger partial charge in [-0.15, -0.1) is 0 Å². The Morgan fingerprint density at radius 1 is 1.20 bits per heavy atom. The van der Waals surface area contributed by atoms with Crippen molar-refractivity contribution in [3.05, 3.63) is 64.1 Å². The maximum atomic E-state index is 12.0. The molecule has 1 unspecified atom stereocenters. The standard InChI is InChI=1S/C15H16N2O3/c1-10(11-6-8-12(20-2)9-7-11)16-15(19)13-4-3-5-14(18)17-13/h3-10H,1-2H3,(H,16,19)(H,17,18). The lowest BCUT2D eigenvalue weighted by molar-refractivity contribution is 0.0934. The van der Waals surface area contributed by atoms with Gasteiger partial charge in [0.05, 0.1) is 13.2 Å². The van der Waals surface area contributed by atoms with Crippen LogP contribution >= 0.6 is 0 Å². The van der Waals surface area contributed by atoms with E-state index in [9.17, 15) is 9.59 Å². The van der Waals surface area contributed by atoms with Crippen LogP contribution in [0.5, 0.6) is 5.75 Å². The van der Waals surface area contributed by atoms with E-state index in [1.54, 1.807) is 19.2 Å². The van der Waals surface area contributed by atoms with Crippen molar-refractivity contribution in [3.8, 4) is 5.75 Å². The molecule has 20 heavy (non-hydrogen) atoms. The van der Waals surface area contributed by atoms with Crippen molar-refractivity contribution in [2.75, 3.05) is 7.11 Å². The van der Waals surface area contributed by atoms with Crippen molar-refractivity contribution >= 4 is 5.91 Å². The van der Waals surface area contributed by atoms with Gasteiger partial charge in [0.15, 0.2) is 0 Å². The molecule has 2 N–H and O–H groups in total. The molecule has 1 atom stereocenters. The molecule has 104 valence electrons. The van der Waals surface area contributed by atoms with E-state index in [4.69, 9.17) is 4.74 Å². The number of carbonyl (C=O) groups excluding carboxylic acids is 1. The molecule has 1 aromatic heterocycles. The molecule has 0 bridgehead atoms. The maximum absolute atomic E-state index is 12.0. The van der Waals surface area contributed by atoms with E-state index >= 15 is 0 Å². The SMILES string of the molecule is COc1ccc(C(C)NC(=O)c2cccc(=O)[nH]2)cc1. The van der Waals surface area contributed by atoms with Crippen LogP contribution in [0.1, 0.15) is 29.0 Å². The summed E-state index contributed by atoms with van der Waals surface area (Å²) in [6.45, 7) is 1.88. The summed E-state index contributed by atoms with van der Waals surface area (Å²) in [7, 11) is 1.60. The molecular formula is C15H16N2O3. The van der Waals surface area contributed by atoms with Gasteiger partial charge < -0.3 is 15.0 Å². The summed E-state index contributed by atoms with van der Waals surface area (Å²) in [5.74, 6) is 0.450. The molecule has 5 nitrogen and oxygen atoms in total. The van der Waals surface area contributed by atoms with E-state index in [1.165, 1.54) is 6.07 Å². The number of nitrogens with one attached hydrogen (secondary N) is 2. The van der Waals surface area contributed by atoms with Crippen molar-refractivity contribution in [1.82, 2.24) is 10.3 Å². The van der Waals surface area contributed by atoms with Crippen LogP contribution in [0.4, 0.5) is 0 Å². The number of aromatic amines is 1. The van der Waals surface area contributed by atoms with Gasteiger partial charge in [0.25, 0.3) is 5.91 Å². The van der Waals surface area contributed by atoms with Crippen molar-refractivity contribution in [2.24, 2.45) is 0 Å². The fraction of sp³-hybridized carbons (Fsp3) is 0.200. The fourth-order valence-corrected chi connectivity index (χ4v) is 1.83. The quantitative estimate of drug-likeness (QED) is 0.892. The number of hydrogen-bond donors (Lipinski definition) is 2. The normalized spacial score (nSPS) is 11.7. The van der Waals surface area contributed by atoms with E-state index < -0.39 is 0 Å². The number of pyridine rings is 1. The number of aromatic nitrogens is 1. The topological polar surface area (TPSA) is 71.2 Å². The molecule has 1 aromatic carbocycles. The second kappa shape index (κ2) is 6.06. The van der Waals surface area contributed by atoms with Crippen LogP contribution in [0.15, 0.2) is 47.3 Å². The van der Waals surface area contributed by atoms with Crippen LogP contribution in [0.3, 0.4) is 0 Å². The summed E-state index contributed by atoms with van der Waals surface area (Å²) < 4.78 is 5.09. The van der Waals surface area contributed by atoms with E-state index in [2.05, 4.69) is 10.3 Å². The van der Waals surface area contributed by atoms with Gasteiger partial charge in [-0.3, -0.25) is 9.59 Å². The van der Waals surface area contributed by atoms with Gasteiger partial charge in [-0.25, -0.2) is 0 Å². The average Bonchev–Trinajstić information content (AvgIpc) is 2.47. The Kier molecular flexibility index (Phi) is 4.20. The average molecular weight is 272 g/mol. The first-order valence-electron chi connectivity index (χ1n) is 6.24. The molecule has 1 heterocycles. The van der Waals surface area contributed by atoms with Gasteiger partial charge in [0, 0.05) is 6.07 Å². The van der Waals surface area contributed by atoms with Crippen molar-refractivity contribution < 1.29 is 9.53 Å². The minimum Gasteiger partial charge on any atom is -0.497 e. The highest BCUT2D eigenvalue weighted by molar-refractivity contribution is 5.92. The number of ether oxygens (including phenoxy) is 1. The van der Waals surface area contributed by atoms with Crippen molar-refractivity contribution in [3.63, 3.8) is 0 Å². The third-order valence-corrected chi connectivity index (χ3v) is 2.98. The van der Waals surface area contributed by atoms with Gasteiger partial charge in [-0.05, 0) is 30.7 Å². The van der Waals surface area contributed by atoms with Gasteiger partial charge >= 0.3 is 0 Å². The Morgan fingerprint density at radius 2 is 1.90 bits per heavy atom. The van der Waals surface area contributed by atoms with Gasteiger partial charge in [0.2, 0.25) is 5.56 Å². The second-order valence-corrected chi connectivity index (χ2v) is 4.40. The van der Waals surface area contributed by atoms with Crippen LogP contribution in [-0.4, -0.2) is 18.0 Å². The Labute approximate surface area is 116 Å². The largest absolute Gasteiger partial charge is 0.497 e. The van der Waals surface area contributed by atoms with Crippen LogP contribution in [0, 0.1) is 0 Å². The number of rotatable bonds is 4. The summed E-state index contributed by atoms with van der Waals surface area (Å²) >= 11 is 0. The highest BCUT2D eigenvalue weighted by Gasteiger charge is 2.11. The molecule has 1 amide bonds. The van der Waals surface area contributed by atoms with E-state index in [1.807, 2.05) is 31.2 Å². The van der Waals surface area contributed by atoms with Gasteiger partial charge in [0.1, 0.15) is 11.4 Å². The third kappa shape index (κ3) is 3.26. The van der Waals surface area contributed by atoms with Crippen LogP contribution in [-0.2, 0) is 0 Å². The zero-order chi connectivity index (χ0) is 14.5. The van der Waals surface area contributed by atoms with Crippen LogP contribution in [0.25, 0.3) is 0 Å². The second-order valence-electron chi connectivity index (χ2n) is 4.40. The lowest BCUT2D eigenvalue weighted by atomic mass is 10.1. The lowest BCUT2D eigenvalue weighted by Gasteiger charge is -2.14. The Morgan fingerprint density at radius 3 is 2.50 bits per heavy atom. The molecular weight excluding hydrogens is 256 g/mol. The first-order chi connectivity index (χ1) is 9.60. The third-order valence-electron chi connectivity index (χ3n) is 2.98. The Hall–Kier alpha value is -2.56. The molecule has 0 spiro atoms. The lowest BCUT2D eigenvalue weighted by Crippen LogP contribution is -2.28. The zero-order valence-electron chi connectivity index (χ0n) is 11.3. The minimum absolute atomic E-state index is 0.169. The molecule has 0 aliphatic heterocycles. The molecule has 0 fully saturated rings. The fourth-order valence-electron chi connectivity index (χ4n) is 1.83. The van der Waals surface area contributed by atoms with Gasteiger partial charge in [-0.2, -0.15) is 0 Å². The summed E-state index contributed by atoms with van der Waals surface area (Å²) in [5.41, 5.74) is 0.907. The highest BCUT2D eigenvalue weighted by Crippen LogP contribution is 2.17. The summed E-state index contributed by atoms with van der Waals surface area (Å²) in [5, 5.41) is 2.83. The predicted octanol–water partition coefficient (Wildman–Crippen LogP) is 1.87. The summed E-state index contributed by atoms with van der Waals surface area (Å²) in [6.07, 6.45) is 0. The minimum atomic E-state index is -0.314. The van der Waals surface area contributed by atoms with Crippen LogP contribution in [0.2, 0.25) is 0 Å². The smallest absolute Gasteiger partial charge is 0.268 e. The first kappa shape index (κ1) is 13.9. The number of H-pyrrole nitrogens is 1. The van der Waals surface area contributed by atoms with E-state index in [0.717, 1.165) is 11.3 Å². The van der Waals surface area contributed by atoms with Crippen LogP contribution < -0.4 is 15.6 Å². The highest BCUT2D eigenvalue weighted by atomic mass is 16.5. The Balaban J connectivity index is 2.08. The maximum Gasteiger partial charge on any atom is 0.268 e. The number of carbonyl (C=O) groups is 1. The first-order valence-corrected chi connectivity index (χ1v) is 6.24. The molecule has 2 aromatic rings. The number of amides is 1. The number of hydrogen-bond acceptors (Lipinski definition) is 3. The number of methoxy groups -OCH3 is 1. The molecule has 0 saturated carbocycles. The molecule has 5 heteroatoms. The predicted molar refractivity (Wildman–Crippen MR) is 75.9 cm³/mol. The van der Waals surface area contributed by atoms with Crippen molar-refractivity contribution in [2.45, 2.75) is 13.0 Å². The van der Waals surface area contributed by atoms with Gasteiger partial charge in [-0.1, -0.05) is 18.2 Å². The van der Waals surface area contributed by atoms with Crippen molar-refractivity contribution in [1.29, 1.82) is 0 Å².